The quantitative estimate of drug-likeness (QED) is 0.830. The lowest BCUT2D eigenvalue weighted by Gasteiger charge is -2.28. The van der Waals surface area contributed by atoms with Gasteiger partial charge in [0.25, 0.3) is 0 Å². The van der Waals surface area contributed by atoms with Crippen LogP contribution in [0.5, 0.6) is 0 Å². The highest BCUT2D eigenvalue weighted by Gasteiger charge is 2.26. The number of hydrogen-bond acceptors (Lipinski definition) is 4. The van der Waals surface area contributed by atoms with E-state index >= 15 is 0 Å². The molecule has 1 rings (SSSR count). The summed E-state index contributed by atoms with van der Waals surface area (Å²) in [6.07, 6.45) is 0. The minimum Gasteiger partial charge on any atom is -0.413 e. The van der Waals surface area contributed by atoms with Crippen molar-refractivity contribution in [1.29, 1.82) is 0 Å². The summed E-state index contributed by atoms with van der Waals surface area (Å²) < 4.78 is 6.02. The molecule has 0 aliphatic rings. The molecule has 1 aromatic rings. The van der Waals surface area contributed by atoms with Crippen molar-refractivity contribution in [1.82, 2.24) is 4.98 Å². The molecule has 86 valence electrons. The van der Waals surface area contributed by atoms with Crippen LogP contribution in [0.1, 0.15) is 40.3 Å². The Morgan fingerprint density at radius 1 is 1.33 bits per heavy atom. The molecular formula is C10H20N2OSSi. The van der Waals surface area contributed by atoms with E-state index in [9.17, 15) is 0 Å². The van der Waals surface area contributed by atoms with Gasteiger partial charge in [0, 0.05) is 5.38 Å². The number of anilines is 1. The molecule has 2 N–H and O–H groups in total. The maximum absolute atomic E-state index is 6.02. The number of thiazole rings is 1. The number of nitrogen functional groups attached to an aromatic ring is 1. The number of rotatable bonds is 3. The Hall–Kier alpha value is -0.393. The molecule has 0 aliphatic carbocycles. The van der Waals surface area contributed by atoms with Crippen LogP contribution in [0, 0.1) is 0 Å². The number of nitrogens with zero attached hydrogens (tertiary/aromatic N) is 1. The highest BCUT2D eigenvalue weighted by Crippen LogP contribution is 2.30. The van der Waals surface area contributed by atoms with Gasteiger partial charge in [-0.05, 0) is 18.9 Å². The van der Waals surface area contributed by atoms with Crippen LogP contribution in [0.15, 0.2) is 5.38 Å². The zero-order chi connectivity index (χ0) is 11.7. The standard InChI is InChI=1S/C10H20N2OSSi/c1-9(2,3)15-13-10(4,5)7-6-14-8(11)12-7/h6H,15H2,1-5H3,(H2,11,12). The highest BCUT2D eigenvalue weighted by atomic mass is 32.1. The fourth-order valence-corrected chi connectivity index (χ4v) is 2.70. The highest BCUT2D eigenvalue weighted by molar-refractivity contribution is 7.13. The van der Waals surface area contributed by atoms with Crippen molar-refractivity contribution >= 4 is 26.2 Å². The van der Waals surface area contributed by atoms with Crippen molar-refractivity contribution in [3.05, 3.63) is 11.1 Å². The van der Waals surface area contributed by atoms with Crippen molar-refractivity contribution in [2.45, 2.75) is 45.3 Å². The van der Waals surface area contributed by atoms with Gasteiger partial charge in [-0.25, -0.2) is 4.98 Å². The third-order valence-electron chi connectivity index (χ3n) is 2.00. The molecule has 0 saturated carbocycles. The molecule has 0 radical (unpaired) electrons. The Morgan fingerprint density at radius 3 is 2.33 bits per heavy atom. The molecule has 0 unspecified atom stereocenters. The average molecular weight is 244 g/mol. The van der Waals surface area contributed by atoms with Crippen molar-refractivity contribution in [2.24, 2.45) is 0 Å². The molecule has 0 aromatic carbocycles. The monoisotopic (exact) mass is 244 g/mol. The van der Waals surface area contributed by atoms with Crippen LogP contribution in [-0.4, -0.2) is 14.7 Å². The summed E-state index contributed by atoms with van der Waals surface area (Å²) in [7, 11) is -0.565. The van der Waals surface area contributed by atoms with Crippen molar-refractivity contribution < 1.29 is 4.43 Å². The summed E-state index contributed by atoms with van der Waals surface area (Å²) >= 11 is 1.47. The first-order valence-corrected chi connectivity index (χ1v) is 7.22. The number of hydrogen-bond donors (Lipinski definition) is 1. The Bertz CT molecular complexity index is 330. The Labute approximate surface area is 98.0 Å². The zero-order valence-electron chi connectivity index (χ0n) is 10.1. The lowest BCUT2D eigenvalue weighted by atomic mass is 10.1. The maximum atomic E-state index is 6.02. The van der Waals surface area contributed by atoms with E-state index in [1.54, 1.807) is 0 Å². The summed E-state index contributed by atoms with van der Waals surface area (Å²) in [6.45, 7) is 10.8. The van der Waals surface area contributed by atoms with Gasteiger partial charge in [0.1, 0.15) is 0 Å². The van der Waals surface area contributed by atoms with E-state index in [-0.39, 0.29) is 5.60 Å². The van der Waals surface area contributed by atoms with E-state index in [2.05, 4.69) is 39.6 Å². The molecule has 0 saturated heterocycles. The van der Waals surface area contributed by atoms with Gasteiger partial charge in [0.2, 0.25) is 0 Å². The first kappa shape index (κ1) is 12.7. The first-order valence-electron chi connectivity index (χ1n) is 5.06. The van der Waals surface area contributed by atoms with Crippen LogP contribution in [0.25, 0.3) is 0 Å². The smallest absolute Gasteiger partial charge is 0.180 e. The fourth-order valence-electron chi connectivity index (χ4n) is 1.04. The summed E-state index contributed by atoms with van der Waals surface area (Å²) in [5.41, 5.74) is 6.27. The van der Waals surface area contributed by atoms with Gasteiger partial charge >= 0.3 is 0 Å². The number of aromatic nitrogens is 1. The lowest BCUT2D eigenvalue weighted by Crippen LogP contribution is -2.28. The summed E-state index contributed by atoms with van der Waals surface area (Å²) in [5.74, 6) is 0. The molecule has 0 bridgehead atoms. The molecule has 15 heavy (non-hydrogen) atoms. The molecule has 3 nitrogen and oxygen atoms in total. The second-order valence-corrected chi connectivity index (χ2v) is 9.02. The van der Waals surface area contributed by atoms with E-state index in [4.69, 9.17) is 10.2 Å². The van der Waals surface area contributed by atoms with Crippen molar-refractivity contribution in [3.8, 4) is 0 Å². The Morgan fingerprint density at radius 2 is 1.93 bits per heavy atom. The summed E-state index contributed by atoms with van der Waals surface area (Å²) in [6, 6.07) is 0. The van der Waals surface area contributed by atoms with E-state index in [1.165, 1.54) is 11.3 Å². The van der Waals surface area contributed by atoms with Crippen LogP contribution in [0.3, 0.4) is 0 Å². The van der Waals surface area contributed by atoms with E-state index in [0.717, 1.165) is 5.69 Å². The van der Waals surface area contributed by atoms with Crippen LogP contribution in [0.4, 0.5) is 5.13 Å². The Balaban J connectivity index is 2.67. The second-order valence-electron chi connectivity index (χ2n) is 5.43. The van der Waals surface area contributed by atoms with Gasteiger partial charge in [-0.1, -0.05) is 20.8 Å². The van der Waals surface area contributed by atoms with Gasteiger partial charge < -0.3 is 10.2 Å². The molecule has 0 atom stereocenters. The summed E-state index contributed by atoms with van der Waals surface area (Å²) in [4.78, 5) is 4.28. The first-order chi connectivity index (χ1) is 6.71. The topological polar surface area (TPSA) is 48.1 Å². The van der Waals surface area contributed by atoms with E-state index < -0.39 is 9.76 Å². The Kier molecular flexibility index (Phi) is 3.58. The predicted molar refractivity (Wildman–Crippen MR) is 68.9 cm³/mol. The minimum absolute atomic E-state index is 0.298. The molecule has 1 heterocycles. The molecule has 0 aliphatic heterocycles. The summed E-state index contributed by atoms with van der Waals surface area (Å²) in [5, 5.41) is 2.89. The van der Waals surface area contributed by atoms with Gasteiger partial charge in [0.15, 0.2) is 14.9 Å². The minimum atomic E-state index is -0.565. The fraction of sp³-hybridized carbons (Fsp3) is 0.700. The van der Waals surface area contributed by atoms with Crippen LogP contribution in [0.2, 0.25) is 5.04 Å². The molecule has 0 fully saturated rings. The van der Waals surface area contributed by atoms with E-state index in [1.807, 2.05) is 5.38 Å². The third-order valence-corrected chi connectivity index (χ3v) is 4.41. The van der Waals surface area contributed by atoms with Crippen molar-refractivity contribution in [2.75, 3.05) is 5.73 Å². The van der Waals surface area contributed by atoms with Gasteiger partial charge in [-0.3, -0.25) is 0 Å². The van der Waals surface area contributed by atoms with Gasteiger partial charge in [-0.15, -0.1) is 11.3 Å². The normalized spacial score (nSPS) is 13.9. The van der Waals surface area contributed by atoms with Crippen LogP contribution >= 0.6 is 11.3 Å². The SMILES string of the molecule is CC(C)(C)[SiH2]OC(C)(C)c1csc(N)n1. The predicted octanol–water partition coefficient (Wildman–Crippen LogP) is 2.28. The van der Waals surface area contributed by atoms with Crippen molar-refractivity contribution in [3.63, 3.8) is 0 Å². The van der Waals surface area contributed by atoms with E-state index in [0.29, 0.717) is 10.2 Å². The zero-order valence-corrected chi connectivity index (χ0v) is 12.4. The van der Waals surface area contributed by atoms with Gasteiger partial charge in [-0.2, -0.15) is 0 Å². The lowest BCUT2D eigenvalue weighted by molar-refractivity contribution is 0.105. The average Bonchev–Trinajstić information content (AvgIpc) is 2.48. The van der Waals surface area contributed by atoms with Crippen LogP contribution in [-0.2, 0) is 10.0 Å². The second kappa shape index (κ2) is 4.23. The third kappa shape index (κ3) is 3.93. The maximum Gasteiger partial charge on any atom is 0.180 e. The number of nitrogens with two attached hydrogens (primary N) is 1. The molecule has 5 heteroatoms. The molecule has 0 amide bonds. The largest absolute Gasteiger partial charge is 0.413 e. The van der Waals surface area contributed by atoms with Crippen LogP contribution < -0.4 is 5.73 Å². The van der Waals surface area contributed by atoms with Gasteiger partial charge in [0.05, 0.1) is 11.3 Å². The molecule has 0 spiro atoms. The molecule has 1 aromatic heterocycles. The molecular weight excluding hydrogens is 224 g/mol.